The van der Waals surface area contributed by atoms with Gasteiger partial charge in [-0.25, -0.2) is 0 Å². The molecule has 0 aliphatic carbocycles. The van der Waals surface area contributed by atoms with Crippen molar-refractivity contribution in [3.63, 3.8) is 0 Å². The number of nitrogens with one attached hydrogen (secondary N) is 1. The molecule has 0 aliphatic heterocycles. The van der Waals surface area contributed by atoms with Crippen LogP contribution < -0.4 is 5.32 Å². The first-order valence-corrected chi connectivity index (χ1v) is 6.72. The van der Waals surface area contributed by atoms with E-state index in [0.29, 0.717) is 11.8 Å². The Morgan fingerprint density at radius 1 is 1.29 bits per heavy atom. The summed E-state index contributed by atoms with van der Waals surface area (Å²) in [4.78, 5) is 0. The lowest BCUT2D eigenvalue weighted by atomic mass is 9.94. The molecule has 0 radical (unpaired) electrons. The molecule has 0 fully saturated rings. The smallest absolute Gasteiger partial charge is 0.0199 e. The van der Waals surface area contributed by atoms with Gasteiger partial charge < -0.3 is 5.32 Å². The highest BCUT2D eigenvalue weighted by Crippen LogP contribution is 2.18. The minimum Gasteiger partial charge on any atom is -0.312 e. The third-order valence-corrected chi connectivity index (χ3v) is 2.89. The molecule has 0 aliphatic rings. The molecule has 0 aromatic heterocycles. The first kappa shape index (κ1) is 16.2. The molecule has 0 rings (SSSR count). The molecule has 0 amide bonds. The normalized spacial score (nSPS) is 13.8. The zero-order chi connectivity index (χ0) is 13.3. The van der Waals surface area contributed by atoms with Crippen LogP contribution in [0, 0.1) is 11.8 Å². The van der Waals surface area contributed by atoms with Gasteiger partial charge in [0.1, 0.15) is 0 Å². The minimum absolute atomic E-state index is 0.580. The summed E-state index contributed by atoms with van der Waals surface area (Å²) in [6, 6.07) is 0. The van der Waals surface area contributed by atoms with Crippen molar-refractivity contribution < 1.29 is 0 Å². The maximum Gasteiger partial charge on any atom is 0.0199 e. The van der Waals surface area contributed by atoms with E-state index in [4.69, 9.17) is 0 Å². The van der Waals surface area contributed by atoms with Crippen molar-refractivity contribution in [1.82, 2.24) is 5.32 Å². The van der Waals surface area contributed by atoms with Crippen molar-refractivity contribution in [2.75, 3.05) is 13.1 Å². The highest BCUT2D eigenvalue weighted by molar-refractivity contribution is 5.12. The molecule has 1 N–H and O–H groups in total. The molecule has 0 aromatic rings. The SMILES string of the molecule is C=CC(=C)CNCC(C)/C=C(\CCC)C(C)C. The van der Waals surface area contributed by atoms with Gasteiger partial charge in [-0.15, -0.1) is 0 Å². The Labute approximate surface area is 108 Å². The van der Waals surface area contributed by atoms with Gasteiger partial charge in [0.15, 0.2) is 0 Å². The van der Waals surface area contributed by atoms with Crippen LogP contribution in [-0.4, -0.2) is 13.1 Å². The van der Waals surface area contributed by atoms with Crippen molar-refractivity contribution >= 4 is 0 Å². The standard InChI is InChI=1S/C16H29N/c1-7-9-16(13(3)4)10-15(6)12-17-11-14(5)8-2/h8,10,13,15,17H,2,5,7,9,11-12H2,1,3-4,6H3/b16-10+. The van der Waals surface area contributed by atoms with Crippen LogP contribution in [0.5, 0.6) is 0 Å². The van der Waals surface area contributed by atoms with Crippen molar-refractivity contribution in [1.29, 1.82) is 0 Å². The first-order chi connectivity index (χ1) is 8.01. The number of hydrogen-bond acceptors (Lipinski definition) is 1. The summed E-state index contributed by atoms with van der Waals surface area (Å²) >= 11 is 0. The molecule has 1 unspecified atom stereocenters. The summed E-state index contributed by atoms with van der Waals surface area (Å²) in [5.41, 5.74) is 2.64. The second-order valence-electron chi connectivity index (χ2n) is 5.12. The molecule has 0 aromatic carbocycles. The van der Waals surface area contributed by atoms with Crippen LogP contribution in [0.2, 0.25) is 0 Å². The molecule has 0 bridgehead atoms. The van der Waals surface area contributed by atoms with Gasteiger partial charge in [-0.1, -0.05) is 65.0 Å². The zero-order valence-corrected chi connectivity index (χ0v) is 12.1. The van der Waals surface area contributed by atoms with Gasteiger partial charge >= 0.3 is 0 Å². The molecule has 0 heterocycles. The lowest BCUT2D eigenvalue weighted by molar-refractivity contribution is 0.600. The predicted molar refractivity (Wildman–Crippen MR) is 79.2 cm³/mol. The van der Waals surface area contributed by atoms with E-state index < -0.39 is 0 Å². The van der Waals surface area contributed by atoms with E-state index in [1.165, 1.54) is 12.8 Å². The first-order valence-electron chi connectivity index (χ1n) is 6.72. The Kier molecular flexibility index (Phi) is 8.79. The summed E-state index contributed by atoms with van der Waals surface area (Å²) in [5.74, 6) is 1.25. The fraction of sp³-hybridized carbons (Fsp3) is 0.625. The topological polar surface area (TPSA) is 12.0 Å². The third-order valence-electron chi connectivity index (χ3n) is 2.89. The predicted octanol–water partition coefficient (Wildman–Crippen LogP) is 4.34. The average molecular weight is 235 g/mol. The Bertz CT molecular complexity index is 261. The van der Waals surface area contributed by atoms with E-state index in [2.05, 4.69) is 52.2 Å². The molecule has 98 valence electrons. The van der Waals surface area contributed by atoms with Crippen LogP contribution in [0.3, 0.4) is 0 Å². The van der Waals surface area contributed by atoms with Gasteiger partial charge in [0.2, 0.25) is 0 Å². The van der Waals surface area contributed by atoms with E-state index in [1.807, 2.05) is 6.08 Å². The van der Waals surface area contributed by atoms with Gasteiger partial charge in [-0.2, -0.15) is 0 Å². The molecule has 1 atom stereocenters. The van der Waals surface area contributed by atoms with Crippen LogP contribution in [0.1, 0.15) is 40.5 Å². The number of hydrogen-bond donors (Lipinski definition) is 1. The number of rotatable bonds is 9. The average Bonchev–Trinajstić information content (AvgIpc) is 2.28. The van der Waals surface area contributed by atoms with Crippen LogP contribution in [0.4, 0.5) is 0 Å². The summed E-state index contributed by atoms with van der Waals surface area (Å²) in [7, 11) is 0. The zero-order valence-electron chi connectivity index (χ0n) is 12.1. The van der Waals surface area contributed by atoms with Crippen LogP contribution >= 0.6 is 0 Å². The second kappa shape index (κ2) is 9.23. The molecular formula is C16H29N. The van der Waals surface area contributed by atoms with Crippen molar-refractivity contribution in [2.24, 2.45) is 11.8 Å². The maximum absolute atomic E-state index is 3.89. The van der Waals surface area contributed by atoms with Crippen LogP contribution in [0.15, 0.2) is 36.5 Å². The quantitative estimate of drug-likeness (QED) is 0.463. The Morgan fingerprint density at radius 3 is 2.41 bits per heavy atom. The molecule has 0 saturated carbocycles. The monoisotopic (exact) mass is 235 g/mol. The van der Waals surface area contributed by atoms with Gasteiger partial charge in [-0.3, -0.25) is 0 Å². The second-order valence-corrected chi connectivity index (χ2v) is 5.12. The van der Waals surface area contributed by atoms with Crippen LogP contribution in [0.25, 0.3) is 0 Å². The number of allylic oxidation sites excluding steroid dienone is 1. The molecule has 1 nitrogen and oxygen atoms in total. The molecule has 17 heavy (non-hydrogen) atoms. The molecule has 0 spiro atoms. The van der Waals surface area contributed by atoms with E-state index in [1.54, 1.807) is 5.57 Å². The third kappa shape index (κ3) is 7.98. The highest BCUT2D eigenvalue weighted by Gasteiger charge is 2.05. The van der Waals surface area contributed by atoms with Crippen molar-refractivity contribution in [2.45, 2.75) is 40.5 Å². The Morgan fingerprint density at radius 2 is 1.94 bits per heavy atom. The van der Waals surface area contributed by atoms with E-state index in [-0.39, 0.29) is 0 Å². The van der Waals surface area contributed by atoms with Crippen molar-refractivity contribution in [3.05, 3.63) is 36.5 Å². The lowest BCUT2D eigenvalue weighted by Crippen LogP contribution is -2.22. The molecule has 0 saturated heterocycles. The van der Waals surface area contributed by atoms with Gasteiger partial charge in [0, 0.05) is 13.1 Å². The summed E-state index contributed by atoms with van der Waals surface area (Å²) in [6.45, 7) is 18.5. The van der Waals surface area contributed by atoms with Crippen LogP contribution in [-0.2, 0) is 0 Å². The Hall–Kier alpha value is -0.820. The fourth-order valence-electron chi connectivity index (χ4n) is 1.81. The molecular weight excluding hydrogens is 206 g/mol. The van der Waals surface area contributed by atoms with Crippen molar-refractivity contribution in [3.8, 4) is 0 Å². The minimum atomic E-state index is 0.580. The highest BCUT2D eigenvalue weighted by atomic mass is 14.8. The van der Waals surface area contributed by atoms with Gasteiger partial charge in [-0.05, 0) is 23.8 Å². The maximum atomic E-state index is 3.89. The van der Waals surface area contributed by atoms with E-state index in [0.717, 1.165) is 18.7 Å². The Balaban J connectivity index is 4.11. The summed E-state index contributed by atoms with van der Waals surface area (Å²) in [6.07, 6.45) is 6.70. The molecule has 1 heteroatoms. The fourth-order valence-corrected chi connectivity index (χ4v) is 1.81. The largest absolute Gasteiger partial charge is 0.312 e. The van der Waals surface area contributed by atoms with E-state index in [9.17, 15) is 0 Å². The van der Waals surface area contributed by atoms with Gasteiger partial charge in [0.05, 0.1) is 0 Å². The van der Waals surface area contributed by atoms with Gasteiger partial charge in [0.25, 0.3) is 0 Å². The summed E-state index contributed by atoms with van der Waals surface area (Å²) < 4.78 is 0. The lowest BCUT2D eigenvalue weighted by Gasteiger charge is -2.15. The van der Waals surface area contributed by atoms with E-state index >= 15 is 0 Å². The summed E-state index contributed by atoms with van der Waals surface area (Å²) in [5, 5.41) is 3.41.